The molecule has 0 aromatic heterocycles. The maximum Gasteiger partial charge on any atom is 0.0178 e. The molecule has 1 fully saturated rings. The number of benzene rings is 1. The van der Waals surface area contributed by atoms with Crippen molar-refractivity contribution < 1.29 is 0 Å². The molecule has 2 atom stereocenters. The lowest BCUT2D eigenvalue weighted by Gasteiger charge is -2.40. The van der Waals surface area contributed by atoms with Crippen LogP contribution in [0.3, 0.4) is 0 Å². The van der Waals surface area contributed by atoms with E-state index in [0.717, 1.165) is 18.5 Å². The molecule has 3 heteroatoms. The first-order valence-electron chi connectivity index (χ1n) is 7.47. The molecule has 1 saturated heterocycles. The zero-order chi connectivity index (χ0) is 13.2. The normalized spacial score (nSPS) is 28.1. The van der Waals surface area contributed by atoms with Crippen LogP contribution in [0.15, 0.2) is 22.7 Å². The van der Waals surface area contributed by atoms with Crippen LogP contribution in [0, 0.1) is 5.92 Å². The van der Waals surface area contributed by atoms with Gasteiger partial charge in [-0.3, -0.25) is 4.90 Å². The molecule has 1 aromatic rings. The molecule has 2 unspecified atom stereocenters. The standard InChI is InChI=1S/C16H23BrN2/c17-15-5-3-14-9-16(6-4-13(14)8-15)19-7-1-2-12(10-18)11-19/h3,5,8,12,16H,1-2,4,6-7,9-11,18H2. The summed E-state index contributed by atoms with van der Waals surface area (Å²) in [6.07, 6.45) is 6.40. The number of hydrogen-bond acceptors (Lipinski definition) is 2. The summed E-state index contributed by atoms with van der Waals surface area (Å²) < 4.78 is 1.21. The van der Waals surface area contributed by atoms with Gasteiger partial charge < -0.3 is 5.73 Å². The van der Waals surface area contributed by atoms with Crippen LogP contribution in [0.5, 0.6) is 0 Å². The van der Waals surface area contributed by atoms with Gasteiger partial charge in [-0.05, 0) is 74.4 Å². The van der Waals surface area contributed by atoms with Crippen LogP contribution in [-0.2, 0) is 12.8 Å². The first-order chi connectivity index (χ1) is 9.26. The second kappa shape index (κ2) is 5.94. The number of likely N-dealkylation sites (tertiary alicyclic amines) is 1. The third kappa shape index (κ3) is 3.04. The van der Waals surface area contributed by atoms with E-state index in [0.29, 0.717) is 0 Å². The molecule has 0 saturated carbocycles. The highest BCUT2D eigenvalue weighted by Crippen LogP contribution is 2.29. The summed E-state index contributed by atoms with van der Waals surface area (Å²) in [5, 5.41) is 0. The fraction of sp³-hybridized carbons (Fsp3) is 0.625. The maximum absolute atomic E-state index is 5.86. The van der Waals surface area contributed by atoms with E-state index in [1.54, 1.807) is 5.56 Å². The first-order valence-corrected chi connectivity index (χ1v) is 8.27. The van der Waals surface area contributed by atoms with E-state index in [-0.39, 0.29) is 0 Å². The Morgan fingerprint density at radius 2 is 2.16 bits per heavy atom. The lowest BCUT2D eigenvalue weighted by Crippen LogP contribution is -2.46. The van der Waals surface area contributed by atoms with Crippen molar-refractivity contribution in [2.24, 2.45) is 11.7 Å². The summed E-state index contributed by atoms with van der Waals surface area (Å²) in [4.78, 5) is 2.70. The van der Waals surface area contributed by atoms with Gasteiger partial charge in [0.1, 0.15) is 0 Å². The number of halogens is 1. The molecule has 2 aliphatic rings. The van der Waals surface area contributed by atoms with Crippen molar-refractivity contribution in [3.05, 3.63) is 33.8 Å². The van der Waals surface area contributed by atoms with E-state index in [2.05, 4.69) is 39.0 Å². The van der Waals surface area contributed by atoms with Gasteiger partial charge in [-0.25, -0.2) is 0 Å². The molecule has 1 aliphatic carbocycles. The summed E-state index contributed by atoms with van der Waals surface area (Å²) in [5.74, 6) is 0.722. The lowest BCUT2D eigenvalue weighted by atomic mass is 9.86. The molecule has 0 spiro atoms. The summed E-state index contributed by atoms with van der Waals surface area (Å²) in [6, 6.07) is 7.52. The van der Waals surface area contributed by atoms with Crippen LogP contribution in [0.4, 0.5) is 0 Å². The smallest absolute Gasteiger partial charge is 0.0178 e. The second-order valence-corrected chi connectivity index (χ2v) is 6.96. The Bertz CT molecular complexity index is 446. The summed E-state index contributed by atoms with van der Waals surface area (Å²) in [7, 11) is 0. The molecule has 1 aliphatic heterocycles. The van der Waals surface area contributed by atoms with Crippen LogP contribution in [0.1, 0.15) is 30.4 Å². The van der Waals surface area contributed by atoms with Gasteiger partial charge in [0.15, 0.2) is 0 Å². The molecule has 104 valence electrons. The molecule has 19 heavy (non-hydrogen) atoms. The van der Waals surface area contributed by atoms with Gasteiger partial charge in [0.05, 0.1) is 0 Å². The van der Waals surface area contributed by atoms with Crippen LogP contribution in [-0.4, -0.2) is 30.6 Å². The van der Waals surface area contributed by atoms with E-state index < -0.39 is 0 Å². The Balaban J connectivity index is 1.69. The minimum atomic E-state index is 0.722. The van der Waals surface area contributed by atoms with Crippen molar-refractivity contribution in [2.45, 2.75) is 38.1 Å². The SMILES string of the molecule is NCC1CCCN(C2CCc3cc(Br)ccc3C2)C1. The predicted molar refractivity (Wildman–Crippen MR) is 83.3 cm³/mol. The number of fused-ring (bicyclic) bond motifs is 1. The van der Waals surface area contributed by atoms with E-state index in [9.17, 15) is 0 Å². The van der Waals surface area contributed by atoms with Crippen molar-refractivity contribution in [3.8, 4) is 0 Å². The van der Waals surface area contributed by atoms with Crippen molar-refractivity contribution in [2.75, 3.05) is 19.6 Å². The zero-order valence-corrected chi connectivity index (χ0v) is 13.0. The minimum absolute atomic E-state index is 0.722. The number of nitrogens with two attached hydrogens (primary N) is 1. The Hall–Kier alpha value is -0.380. The molecular formula is C16H23BrN2. The van der Waals surface area contributed by atoms with Gasteiger partial charge in [-0.15, -0.1) is 0 Å². The Labute approximate surface area is 124 Å². The largest absolute Gasteiger partial charge is 0.330 e. The topological polar surface area (TPSA) is 29.3 Å². The molecule has 0 amide bonds. The van der Waals surface area contributed by atoms with E-state index in [4.69, 9.17) is 5.73 Å². The van der Waals surface area contributed by atoms with Crippen molar-refractivity contribution in [1.29, 1.82) is 0 Å². The molecule has 0 radical (unpaired) electrons. The summed E-state index contributed by atoms with van der Waals surface area (Å²) >= 11 is 3.58. The predicted octanol–water partition coefficient (Wildman–Crippen LogP) is 2.98. The highest BCUT2D eigenvalue weighted by atomic mass is 79.9. The monoisotopic (exact) mass is 322 g/mol. The number of nitrogens with zero attached hydrogens (tertiary/aromatic N) is 1. The van der Waals surface area contributed by atoms with Crippen LogP contribution in [0.2, 0.25) is 0 Å². The molecule has 1 heterocycles. The minimum Gasteiger partial charge on any atom is -0.330 e. The third-order valence-corrected chi connectivity index (χ3v) is 5.26. The second-order valence-electron chi connectivity index (χ2n) is 6.05. The molecule has 1 aromatic carbocycles. The molecule has 0 bridgehead atoms. The first kappa shape index (κ1) is 13.6. The Kier molecular flexibility index (Phi) is 4.25. The molecule has 2 nitrogen and oxygen atoms in total. The van der Waals surface area contributed by atoms with Gasteiger partial charge in [-0.2, -0.15) is 0 Å². The number of rotatable bonds is 2. The van der Waals surface area contributed by atoms with E-state index in [1.807, 2.05) is 0 Å². The Morgan fingerprint density at radius 3 is 3.00 bits per heavy atom. The number of hydrogen-bond donors (Lipinski definition) is 1. The fourth-order valence-corrected chi connectivity index (χ4v) is 4.05. The van der Waals surface area contributed by atoms with Gasteiger partial charge >= 0.3 is 0 Å². The maximum atomic E-state index is 5.86. The van der Waals surface area contributed by atoms with Crippen LogP contribution >= 0.6 is 15.9 Å². The Morgan fingerprint density at radius 1 is 1.26 bits per heavy atom. The van der Waals surface area contributed by atoms with Gasteiger partial charge in [0.25, 0.3) is 0 Å². The van der Waals surface area contributed by atoms with Gasteiger partial charge in [-0.1, -0.05) is 22.0 Å². The van der Waals surface area contributed by atoms with E-state index >= 15 is 0 Å². The highest BCUT2D eigenvalue weighted by molar-refractivity contribution is 9.10. The van der Waals surface area contributed by atoms with Gasteiger partial charge in [0, 0.05) is 17.1 Å². The summed E-state index contributed by atoms with van der Waals surface area (Å²) in [5.41, 5.74) is 8.95. The molecular weight excluding hydrogens is 300 g/mol. The molecule has 3 rings (SSSR count). The third-order valence-electron chi connectivity index (χ3n) is 4.77. The average molecular weight is 323 g/mol. The van der Waals surface area contributed by atoms with Crippen molar-refractivity contribution in [1.82, 2.24) is 4.90 Å². The summed E-state index contributed by atoms with van der Waals surface area (Å²) in [6.45, 7) is 3.34. The van der Waals surface area contributed by atoms with Crippen LogP contribution in [0.25, 0.3) is 0 Å². The number of aryl methyl sites for hydroxylation is 1. The van der Waals surface area contributed by atoms with Crippen LogP contribution < -0.4 is 5.73 Å². The van der Waals surface area contributed by atoms with E-state index in [1.165, 1.54) is 55.2 Å². The van der Waals surface area contributed by atoms with Crippen molar-refractivity contribution in [3.63, 3.8) is 0 Å². The quantitative estimate of drug-likeness (QED) is 0.907. The van der Waals surface area contributed by atoms with Crippen molar-refractivity contribution >= 4 is 15.9 Å². The average Bonchev–Trinajstić information content (AvgIpc) is 2.46. The highest BCUT2D eigenvalue weighted by Gasteiger charge is 2.28. The fourth-order valence-electron chi connectivity index (χ4n) is 3.64. The number of piperidine rings is 1. The zero-order valence-electron chi connectivity index (χ0n) is 11.4. The van der Waals surface area contributed by atoms with Gasteiger partial charge in [0.2, 0.25) is 0 Å². The lowest BCUT2D eigenvalue weighted by molar-refractivity contribution is 0.116. The molecule has 2 N–H and O–H groups in total.